The molecule has 2 heterocycles. The van der Waals surface area contributed by atoms with Crippen LogP contribution in [0.25, 0.3) is 0 Å². The third-order valence-corrected chi connectivity index (χ3v) is 3.51. The van der Waals surface area contributed by atoms with E-state index in [1.807, 2.05) is 0 Å². The summed E-state index contributed by atoms with van der Waals surface area (Å²) in [6, 6.07) is 8.51. The second-order valence-corrected chi connectivity index (χ2v) is 5.03. The number of aromatic nitrogens is 3. The van der Waals surface area contributed by atoms with Crippen LogP contribution in [0.4, 0.5) is 0 Å². The van der Waals surface area contributed by atoms with Crippen LogP contribution in [0, 0.1) is 6.92 Å². The molecule has 0 spiro atoms. The molecule has 0 amide bonds. The van der Waals surface area contributed by atoms with Crippen molar-refractivity contribution < 1.29 is 0 Å². The van der Waals surface area contributed by atoms with Crippen LogP contribution in [0.15, 0.2) is 24.3 Å². The van der Waals surface area contributed by atoms with E-state index in [1.165, 1.54) is 11.1 Å². The molecule has 1 aromatic heterocycles. The van der Waals surface area contributed by atoms with Crippen LogP contribution in [0.3, 0.4) is 0 Å². The maximum Gasteiger partial charge on any atom is 0.138 e. The first-order valence-electron chi connectivity index (χ1n) is 6.48. The van der Waals surface area contributed by atoms with Gasteiger partial charge in [-0.15, -0.1) is 10.2 Å². The van der Waals surface area contributed by atoms with E-state index in [0.29, 0.717) is 0 Å². The molecule has 2 aromatic rings. The molecule has 0 fully saturated rings. The van der Waals surface area contributed by atoms with Gasteiger partial charge < -0.3 is 5.73 Å². The lowest BCUT2D eigenvalue weighted by Gasteiger charge is -2.22. The Labute approximate surface area is 107 Å². The van der Waals surface area contributed by atoms with Crippen LogP contribution in [-0.4, -0.2) is 14.8 Å². The molecule has 18 heavy (non-hydrogen) atoms. The predicted octanol–water partition coefficient (Wildman–Crippen LogP) is 1.97. The molecule has 1 atom stereocenters. The number of nitrogens with zero attached hydrogens (tertiary/aromatic N) is 3. The van der Waals surface area contributed by atoms with Crippen molar-refractivity contribution in [1.82, 2.24) is 14.8 Å². The highest BCUT2D eigenvalue weighted by Crippen LogP contribution is 2.22. The normalized spacial score (nSPS) is 18.7. The van der Waals surface area contributed by atoms with E-state index in [9.17, 15) is 0 Å². The third kappa shape index (κ3) is 2.04. The maximum atomic E-state index is 6.16. The lowest BCUT2D eigenvalue weighted by molar-refractivity contribution is 0.399. The van der Waals surface area contributed by atoms with Gasteiger partial charge in [0.05, 0.1) is 6.17 Å². The zero-order chi connectivity index (χ0) is 12.5. The summed E-state index contributed by atoms with van der Waals surface area (Å²) >= 11 is 0. The van der Waals surface area contributed by atoms with E-state index in [1.54, 1.807) is 0 Å². The second-order valence-electron chi connectivity index (χ2n) is 5.03. The number of fused-ring (bicyclic) bond motifs is 1. The van der Waals surface area contributed by atoms with Gasteiger partial charge in [-0.3, -0.25) is 4.57 Å². The van der Waals surface area contributed by atoms with Gasteiger partial charge in [-0.1, -0.05) is 29.8 Å². The van der Waals surface area contributed by atoms with Crippen molar-refractivity contribution in [3.8, 4) is 0 Å². The lowest BCUT2D eigenvalue weighted by atomic mass is 10.1. The summed E-state index contributed by atoms with van der Waals surface area (Å²) in [6.07, 6.45) is 3.98. The molecule has 3 rings (SSSR count). The summed E-state index contributed by atoms with van der Waals surface area (Å²) in [5, 5.41) is 8.56. The van der Waals surface area contributed by atoms with Gasteiger partial charge in [0.2, 0.25) is 0 Å². The van der Waals surface area contributed by atoms with Crippen LogP contribution in [0.1, 0.15) is 41.8 Å². The monoisotopic (exact) mass is 242 g/mol. The SMILES string of the molecule is Cc1cccc(Cc2nnc3n2C(N)CCC3)c1. The summed E-state index contributed by atoms with van der Waals surface area (Å²) in [7, 11) is 0. The van der Waals surface area contributed by atoms with Crippen molar-refractivity contribution in [3.05, 3.63) is 47.0 Å². The van der Waals surface area contributed by atoms with E-state index < -0.39 is 0 Å². The number of hydrogen-bond acceptors (Lipinski definition) is 3. The fourth-order valence-electron chi connectivity index (χ4n) is 2.64. The predicted molar refractivity (Wildman–Crippen MR) is 70.2 cm³/mol. The zero-order valence-electron chi connectivity index (χ0n) is 10.6. The van der Waals surface area contributed by atoms with Gasteiger partial charge >= 0.3 is 0 Å². The minimum atomic E-state index is 0.0450. The summed E-state index contributed by atoms with van der Waals surface area (Å²) in [4.78, 5) is 0. The van der Waals surface area contributed by atoms with E-state index in [4.69, 9.17) is 5.73 Å². The Morgan fingerprint density at radius 3 is 3.11 bits per heavy atom. The Kier molecular flexibility index (Phi) is 2.88. The highest BCUT2D eigenvalue weighted by atomic mass is 15.3. The van der Waals surface area contributed by atoms with E-state index in [2.05, 4.69) is 46.0 Å². The maximum absolute atomic E-state index is 6.16. The van der Waals surface area contributed by atoms with Crippen LogP contribution >= 0.6 is 0 Å². The molecular formula is C14H18N4. The van der Waals surface area contributed by atoms with Crippen LogP contribution in [0.2, 0.25) is 0 Å². The number of rotatable bonds is 2. The Bertz CT molecular complexity index is 559. The van der Waals surface area contributed by atoms with Crippen molar-refractivity contribution in [2.45, 2.75) is 38.8 Å². The van der Waals surface area contributed by atoms with Crippen molar-refractivity contribution >= 4 is 0 Å². The minimum absolute atomic E-state index is 0.0450. The Hall–Kier alpha value is -1.68. The van der Waals surface area contributed by atoms with E-state index in [-0.39, 0.29) is 6.17 Å². The van der Waals surface area contributed by atoms with Crippen LogP contribution in [-0.2, 0) is 12.8 Å². The molecule has 4 heteroatoms. The average molecular weight is 242 g/mol. The largest absolute Gasteiger partial charge is 0.311 e. The fourth-order valence-corrected chi connectivity index (χ4v) is 2.64. The Morgan fingerprint density at radius 2 is 2.28 bits per heavy atom. The standard InChI is InChI=1S/C14H18N4/c1-10-4-2-5-11(8-10)9-14-17-16-13-7-3-6-12(15)18(13)14/h2,4-5,8,12H,3,6-7,9,15H2,1H3. The molecule has 1 aliphatic rings. The smallest absolute Gasteiger partial charge is 0.138 e. The van der Waals surface area contributed by atoms with Crippen molar-refractivity contribution in [3.63, 3.8) is 0 Å². The molecular weight excluding hydrogens is 224 g/mol. The zero-order valence-corrected chi connectivity index (χ0v) is 10.6. The summed E-state index contributed by atoms with van der Waals surface area (Å²) in [6.45, 7) is 2.11. The van der Waals surface area contributed by atoms with Crippen LogP contribution in [0.5, 0.6) is 0 Å². The summed E-state index contributed by atoms with van der Waals surface area (Å²) < 4.78 is 2.12. The highest BCUT2D eigenvalue weighted by molar-refractivity contribution is 5.25. The number of hydrogen-bond donors (Lipinski definition) is 1. The van der Waals surface area contributed by atoms with Crippen LogP contribution < -0.4 is 5.73 Å². The summed E-state index contributed by atoms with van der Waals surface area (Å²) in [5.41, 5.74) is 8.70. The molecule has 94 valence electrons. The van der Waals surface area contributed by atoms with Crippen molar-refractivity contribution in [2.75, 3.05) is 0 Å². The molecule has 0 aliphatic carbocycles. The molecule has 0 radical (unpaired) electrons. The topological polar surface area (TPSA) is 56.7 Å². The first-order valence-corrected chi connectivity index (χ1v) is 6.48. The molecule has 0 saturated carbocycles. The molecule has 1 unspecified atom stereocenters. The van der Waals surface area contributed by atoms with Crippen molar-refractivity contribution in [2.24, 2.45) is 5.73 Å². The first kappa shape index (κ1) is 11.4. The number of benzene rings is 1. The van der Waals surface area contributed by atoms with Gasteiger partial charge in [-0.25, -0.2) is 0 Å². The minimum Gasteiger partial charge on any atom is -0.311 e. The van der Waals surface area contributed by atoms with Gasteiger partial charge in [0.25, 0.3) is 0 Å². The van der Waals surface area contributed by atoms with Gasteiger partial charge in [-0.2, -0.15) is 0 Å². The van der Waals surface area contributed by atoms with E-state index >= 15 is 0 Å². The Morgan fingerprint density at radius 1 is 1.39 bits per heavy atom. The lowest BCUT2D eigenvalue weighted by Crippen LogP contribution is -2.26. The number of nitrogens with two attached hydrogens (primary N) is 1. The second kappa shape index (κ2) is 4.53. The average Bonchev–Trinajstić information content (AvgIpc) is 2.74. The Balaban J connectivity index is 1.92. The highest BCUT2D eigenvalue weighted by Gasteiger charge is 2.21. The molecule has 0 bridgehead atoms. The molecule has 4 nitrogen and oxygen atoms in total. The van der Waals surface area contributed by atoms with Crippen molar-refractivity contribution in [1.29, 1.82) is 0 Å². The number of aryl methyl sites for hydroxylation is 2. The fraction of sp³-hybridized carbons (Fsp3) is 0.429. The van der Waals surface area contributed by atoms with E-state index in [0.717, 1.165) is 37.3 Å². The molecule has 0 saturated heterocycles. The van der Waals surface area contributed by atoms with Gasteiger partial charge in [-0.05, 0) is 25.3 Å². The molecule has 1 aromatic carbocycles. The van der Waals surface area contributed by atoms with Gasteiger partial charge in [0.1, 0.15) is 11.6 Å². The quantitative estimate of drug-likeness (QED) is 0.876. The van der Waals surface area contributed by atoms with Gasteiger partial charge in [0.15, 0.2) is 0 Å². The molecule has 1 aliphatic heterocycles. The molecule has 2 N–H and O–H groups in total. The first-order chi connectivity index (χ1) is 8.74. The summed E-state index contributed by atoms with van der Waals surface area (Å²) in [5.74, 6) is 2.03. The van der Waals surface area contributed by atoms with Gasteiger partial charge in [0, 0.05) is 12.8 Å². The third-order valence-electron chi connectivity index (χ3n) is 3.51.